The van der Waals surface area contributed by atoms with E-state index in [1.807, 2.05) is 36.4 Å². The molecule has 1 atom stereocenters. The number of aromatic nitrogens is 2. The summed E-state index contributed by atoms with van der Waals surface area (Å²) in [4.78, 5) is 11.1. The standard InChI is InChI=1S/C22H24ClN5O2/c1-15-6-3-4-9-18(15)19-14-28(10-11-29-19)22(24-2)25-13-20-26-21(27-30-20)16-7-5-8-17(23)12-16/h3-9,12,19H,10-11,13-14H2,1-2H3,(H,24,25). The van der Waals surface area contributed by atoms with Gasteiger partial charge in [0.15, 0.2) is 5.96 Å². The van der Waals surface area contributed by atoms with Gasteiger partial charge in [0.2, 0.25) is 11.7 Å². The summed E-state index contributed by atoms with van der Waals surface area (Å²) in [6.07, 6.45) is 0.0105. The van der Waals surface area contributed by atoms with Crippen LogP contribution in [0.15, 0.2) is 58.0 Å². The van der Waals surface area contributed by atoms with Crippen LogP contribution in [0.2, 0.25) is 5.02 Å². The molecule has 3 aromatic rings. The van der Waals surface area contributed by atoms with Gasteiger partial charge in [0.05, 0.1) is 19.7 Å². The number of benzene rings is 2. The topological polar surface area (TPSA) is 75.8 Å². The summed E-state index contributed by atoms with van der Waals surface area (Å²) in [5.41, 5.74) is 3.25. The molecule has 2 heterocycles. The predicted octanol–water partition coefficient (Wildman–Crippen LogP) is 3.85. The summed E-state index contributed by atoms with van der Waals surface area (Å²) in [7, 11) is 1.77. The molecule has 156 valence electrons. The van der Waals surface area contributed by atoms with Gasteiger partial charge in [-0.05, 0) is 30.2 Å². The Morgan fingerprint density at radius 1 is 1.27 bits per heavy atom. The molecule has 0 radical (unpaired) electrons. The van der Waals surface area contributed by atoms with Crippen LogP contribution in [0.1, 0.15) is 23.1 Å². The second-order valence-corrected chi connectivity index (χ2v) is 7.52. The normalized spacial score (nSPS) is 17.2. The van der Waals surface area contributed by atoms with Crippen molar-refractivity contribution in [2.24, 2.45) is 4.99 Å². The van der Waals surface area contributed by atoms with Crippen molar-refractivity contribution in [3.8, 4) is 11.4 Å². The highest BCUT2D eigenvalue weighted by molar-refractivity contribution is 6.30. The van der Waals surface area contributed by atoms with Crippen LogP contribution in [0, 0.1) is 6.92 Å². The number of aryl methyl sites for hydroxylation is 1. The highest BCUT2D eigenvalue weighted by atomic mass is 35.5. The van der Waals surface area contributed by atoms with Crippen molar-refractivity contribution in [3.05, 3.63) is 70.6 Å². The average molecular weight is 426 g/mol. The zero-order chi connectivity index (χ0) is 20.9. The van der Waals surface area contributed by atoms with Gasteiger partial charge >= 0.3 is 0 Å². The Kier molecular flexibility index (Phi) is 6.30. The first-order valence-electron chi connectivity index (χ1n) is 9.85. The Balaban J connectivity index is 1.40. The van der Waals surface area contributed by atoms with Crippen molar-refractivity contribution >= 4 is 17.6 Å². The number of hydrogen-bond donors (Lipinski definition) is 1. The molecule has 7 nitrogen and oxygen atoms in total. The maximum absolute atomic E-state index is 6.04. The molecule has 0 aliphatic carbocycles. The molecule has 0 spiro atoms. The van der Waals surface area contributed by atoms with Gasteiger partial charge in [0.1, 0.15) is 6.10 Å². The lowest BCUT2D eigenvalue weighted by atomic mass is 10.0. The molecule has 30 heavy (non-hydrogen) atoms. The lowest BCUT2D eigenvalue weighted by Gasteiger charge is -2.35. The van der Waals surface area contributed by atoms with Gasteiger partial charge in [-0.2, -0.15) is 4.98 Å². The third-order valence-corrected chi connectivity index (χ3v) is 5.30. The van der Waals surface area contributed by atoms with Crippen molar-refractivity contribution in [3.63, 3.8) is 0 Å². The minimum Gasteiger partial charge on any atom is -0.370 e. The van der Waals surface area contributed by atoms with E-state index in [1.54, 1.807) is 7.05 Å². The van der Waals surface area contributed by atoms with E-state index in [4.69, 9.17) is 20.9 Å². The zero-order valence-corrected chi connectivity index (χ0v) is 17.8. The van der Waals surface area contributed by atoms with Crippen molar-refractivity contribution in [2.75, 3.05) is 26.7 Å². The van der Waals surface area contributed by atoms with Gasteiger partial charge in [-0.15, -0.1) is 0 Å². The first kappa shape index (κ1) is 20.4. The maximum Gasteiger partial charge on any atom is 0.246 e. The SMILES string of the molecule is CN=C(NCc1nc(-c2cccc(Cl)c2)no1)N1CCOC(c2ccccc2C)C1. The average Bonchev–Trinajstić information content (AvgIpc) is 3.24. The maximum atomic E-state index is 6.04. The number of hydrogen-bond acceptors (Lipinski definition) is 5. The van der Waals surface area contributed by atoms with Crippen LogP contribution >= 0.6 is 11.6 Å². The van der Waals surface area contributed by atoms with Gasteiger partial charge in [0, 0.05) is 24.2 Å². The fourth-order valence-corrected chi connectivity index (χ4v) is 3.73. The first-order chi connectivity index (χ1) is 14.6. The Labute approximate surface area is 180 Å². The minimum atomic E-state index is 0.0105. The molecular weight excluding hydrogens is 402 g/mol. The van der Waals surface area contributed by atoms with Crippen molar-refractivity contribution in [1.29, 1.82) is 0 Å². The lowest BCUT2D eigenvalue weighted by Crippen LogP contribution is -2.48. The summed E-state index contributed by atoms with van der Waals surface area (Å²) >= 11 is 6.04. The highest BCUT2D eigenvalue weighted by Crippen LogP contribution is 2.25. The van der Waals surface area contributed by atoms with E-state index in [0.29, 0.717) is 29.9 Å². The Morgan fingerprint density at radius 3 is 2.93 bits per heavy atom. The Bertz CT molecular complexity index is 1040. The number of ether oxygens (including phenoxy) is 1. The van der Waals surface area contributed by atoms with E-state index in [-0.39, 0.29) is 6.10 Å². The Hall–Kier alpha value is -2.90. The summed E-state index contributed by atoms with van der Waals surface area (Å²) in [5.74, 6) is 1.77. The van der Waals surface area contributed by atoms with Gasteiger partial charge in [-0.3, -0.25) is 4.99 Å². The molecule has 1 N–H and O–H groups in total. The summed E-state index contributed by atoms with van der Waals surface area (Å²) in [5, 5.41) is 8.00. The van der Waals surface area contributed by atoms with E-state index >= 15 is 0 Å². The number of guanidine groups is 1. The second kappa shape index (κ2) is 9.28. The summed E-state index contributed by atoms with van der Waals surface area (Å²) < 4.78 is 11.4. The third kappa shape index (κ3) is 4.63. The predicted molar refractivity (Wildman–Crippen MR) is 116 cm³/mol. The summed E-state index contributed by atoms with van der Waals surface area (Å²) in [6, 6.07) is 15.7. The molecule has 2 aromatic carbocycles. The molecule has 0 bridgehead atoms. The van der Waals surface area contributed by atoms with Crippen LogP contribution in [0.25, 0.3) is 11.4 Å². The fourth-order valence-electron chi connectivity index (χ4n) is 3.54. The van der Waals surface area contributed by atoms with E-state index < -0.39 is 0 Å². The number of rotatable bonds is 4. The van der Waals surface area contributed by atoms with Crippen LogP contribution in [0.5, 0.6) is 0 Å². The molecule has 1 saturated heterocycles. The van der Waals surface area contributed by atoms with Crippen LogP contribution in [0.3, 0.4) is 0 Å². The first-order valence-corrected chi connectivity index (χ1v) is 10.2. The second-order valence-electron chi connectivity index (χ2n) is 7.08. The summed E-state index contributed by atoms with van der Waals surface area (Å²) in [6.45, 7) is 4.62. The number of nitrogens with one attached hydrogen (secondary N) is 1. The van der Waals surface area contributed by atoms with Gasteiger partial charge in [-0.1, -0.05) is 53.2 Å². The molecule has 1 aliphatic rings. The molecule has 1 aromatic heterocycles. The molecule has 8 heteroatoms. The lowest BCUT2D eigenvalue weighted by molar-refractivity contribution is -0.00837. The van der Waals surface area contributed by atoms with Crippen molar-refractivity contribution in [2.45, 2.75) is 19.6 Å². The minimum absolute atomic E-state index is 0.0105. The molecule has 1 aliphatic heterocycles. The van der Waals surface area contributed by atoms with Crippen molar-refractivity contribution in [1.82, 2.24) is 20.4 Å². The van der Waals surface area contributed by atoms with Crippen LogP contribution in [-0.2, 0) is 11.3 Å². The van der Waals surface area contributed by atoms with Crippen molar-refractivity contribution < 1.29 is 9.26 Å². The molecular formula is C22H24ClN5O2. The van der Waals surface area contributed by atoms with Crippen LogP contribution in [-0.4, -0.2) is 47.7 Å². The quantitative estimate of drug-likeness (QED) is 0.505. The largest absolute Gasteiger partial charge is 0.370 e. The number of aliphatic imine (C=N–C) groups is 1. The van der Waals surface area contributed by atoms with E-state index in [0.717, 1.165) is 24.6 Å². The van der Waals surface area contributed by atoms with Gasteiger partial charge in [-0.25, -0.2) is 0 Å². The third-order valence-electron chi connectivity index (χ3n) is 5.06. The van der Waals surface area contributed by atoms with Crippen LogP contribution < -0.4 is 5.32 Å². The fraction of sp³-hybridized carbons (Fsp3) is 0.318. The number of nitrogens with zero attached hydrogens (tertiary/aromatic N) is 4. The van der Waals surface area contributed by atoms with E-state index in [1.165, 1.54) is 11.1 Å². The monoisotopic (exact) mass is 425 g/mol. The molecule has 0 saturated carbocycles. The highest BCUT2D eigenvalue weighted by Gasteiger charge is 2.25. The van der Waals surface area contributed by atoms with Gasteiger partial charge in [0.25, 0.3) is 0 Å². The number of halogens is 1. The smallest absolute Gasteiger partial charge is 0.246 e. The molecule has 0 amide bonds. The van der Waals surface area contributed by atoms with E-state index in [2.05, 4.69) is 44.4 Å². The molecule has 4 rings (SSSR count). The Morgan fingerprint density at radius 2 is 2.13 bits per heavy atom. The van der Waals surface area contributed by atoms with Crippen LogP contribution in [0.4, 0.5) is 0 Å². The van der Waals surface area contributed by atoms with Gasteiger partial charge < -0.3 is 19.5 Å². The molecule has 1 unspecified atom stereocenters. The molecule has 1 fully saturated rings. The van der Waals surface area contributed by atoms with E-state index in [9.17, 15) is 0 Å². The number of morpholine rings is 1. The zero-order valence-electron chi connectivity index (χ0n) is 17.0.